The van der Waals surface area contributed by atoms with Crippen LogP contribution in [0, 0.1) is 5.92 Å². The molecule has 0 aromatic carbocycles. The monoisotopic (exact) mass is 151 g/mol. The maximum Gasteiger partial charge on any atom is 0.230 e. The van der Waals surface area contributed by atoms with Gasteiger partial charge in [-0.1, -0.05) is 0 Å². The second kappa shape index (κ2) is 1.36. The first-order valence-corrected chi connectivity index (χ1v) is 4.06. The normalized spacial score (nSPS) is 46.2. The van der Waals surface area contributed by atoms with Crippen molar-refractivity contribution in [3.05, 3.63) is 0 Å². The Bertz CT molecular complexity index is 263. The highest BCUT2D eigenvalue weighted by Gasteiger charge is 2.65. The fraction of sp³-hybridized carbons (Fsp3) is 0.750. The molecule has 2 bridgehead atoms. The van der Waals surface area contributed by atoms with E-state index in [1.165, 1.54) is 0 Å². The van der Waals surface area contributed by atoms with Gasteiger partial charge in [0.15, 0.2) is 5.78 Å². The van der Waals surface area contributed by atoms with Gasteiger partial charge in [-0.25, -0.2) is 0 Å². The number of nitrogens with zero attached hydrogens (tertiary/aromatic N) is 1. The summed E-state index contributed by atoms with van der Waals surface area (Å²) in [6.45, 7) is 0.852. The second-order valence-electron chi connectivity index (χ2n) is 3.91. The van der Waals surface area contributed by atoms with Crippen LogP contribution in [-0.4, -0.2) is 28.7 Å². The van der Waals surface area contributed by atoms with E-state index in [0.717, 1.165) is 19.4 Å². The van der Waals surface area contributed by atoms with Crippen molar-refractivity contribution in [3.8, 4) is 0 Å². The summed E-state index contributed by atoms with van der Waals surface area (Å²) in [4.78, 5) is 24.4. The van der Waals surface area contributed by atoms with Crippen molar-refractivity contribution in [3.63, 3.8) is 0 Å². The van der Waals surface area contributed by atoms with E-state index < -0.39 is 0 Å². The fourth-order valence-corrected chi connectivity index (χ4v) is 2.79. The molecular formula is C8H9NO2. The number of carbonyl (C=O) groups excluding carboxylic acids is 2. The molecule has 1 spiro atoms. The molecule has 3 nitrogen and oxygen atoms in total. The molecule has 58 valence electrons. The lowest BCUT2D eigenvalue weighted by Crippen LogP contribution is -2.47. The summed E-state index contributed by atoms with van der Waals surface area (Å²) in [5.74, 6) is 0.884. The first-order valence-electron chi connectivity index (χ1n) is 4.06. The second-order valence-corrected chi connectivity index (χ2v) is 3.91. The molecule has 4 aliphatic rings. The molecule has 0 aromatic heterocycles. The van der Waals surface area contributed by atoms with Crippen LogP contribution in [0.3, 0.4) is 0 Å². The third-order valence-electron chi connectivity index (χ3n) is 3.34. The Morgan fingerprint density at radius 3 is 2.73 bits per heavy atom. The van der Waals surface area contributed by atoms with Gasteiger partial charge in [0.2, 0.25) is 5.91 Å². The van der Waals surface area contributed by atoms with Gasteiger partial charge in [-0.3, -0.25) is 9.59 Å². The molecule has 3 saturated heterocycles. The van der Waals surface area contributed by atoms with Crippen LogP contribution in [0.1, 0.15) is 19.3 Å². The molecule has 4 fully saturated rings. The van der Waals surface area contributed by atoms with E-state index in [1.54, 1.807) is 4.90 Å². The Hall–Kier alpha value is -0.860. The lowest BCUT2D eigenvalue weighted by Gasteiger charge is -2.35. The van der Waals surface area contributed by atoms with Gasteiger partial charge in [-0.2, -0.15) is 0 Å². The Morgan fingerprint density at radius 1 is 1.36 bits per heavy atom. The van der Waals surface area contributed by atoms with Crippen LogP contribution >= 0.6 is 0 Å². The molecular weight excluding hydrogens is 142 g/mol. The van der Waals surface area contributed by atoms with Crippen molar-refractivity contribution in [1.29, 1.82) is 0 Å². The fourth-order valence-electron chi connectivity index (χ4n) is 2.79. The van der Waals surface area contributed by atoms with E-state index in [2.05, 4.69) is 0 Å². The molecule has 0 unspecified atom stereocenters. The Kier molecular flexibility index (Phi) is 0.708. The molecule has 0 N–H and O–H groups in total. The smallest absolute Gasteiger partial charge is 0.230 e. The maximum absolute atomic E-state index is 11.4. The molecule has 1 saturated carbocycles. The molecule has 0 atom stereocenters. The summed E-state index contributed by atoms with van der Waals surface area (Å²) in [5.41, 5.74) is -0.276. The zero-order valence-corrected chi connectivity index (χ0v) is 6.17. The van der Waals surface area contributed by atoms with Crippen LogP contribution in [0.15, 0.2) is 0 Å². The largest absolute Gasteiger partial charge is 0.329 e. The molecule has 11 heavy (non-hydrogen) atoms. The van der Waals surface area contributed by atoms with Gasteiger partial charge in [0, 0.05) is 6.54 Å². The van der Waals surface area contributed by atoms with Crippen LogP contribution in [-0.2, 0) is 9.59 Å². The first kappa shape index (κ1) is 5.75. The first-order chi connectivity index (χ1) is 5.22. The van der Waals surface area contributed by atoms with E-state index >= 15 is 0 Å². The molecule has 1 amide bonds. The number of carbonyl (C=O) groups is 2. The van der Waals surface area contributed by atoms with Crippen LogP contribution in [0.2, 0.25) is 0 Å². The van der Waals surface area contributed by atoms with Crippen molar-refractivity contribution in [1.82, 2.24) is 4.90 Å². The summed E-state index contributed by atoms with van der Waals surface area (Å²) < 4.78 is 0. The van der Waals surface area contributed by atoms with Crippen molar-refractivity contribution < 1.29 is 9.59 Å². The summed E-state index contributed by atoms with van der Waals surface area (Å²) in [5, 5.41) is 0. The third-order valence-corrected chi connectivity index (χ3v) is 3.34. The van der Waals surface area contributed by atoms with Crippen molar-refractivity contribution in [2.24, 2.45) is 5.92 Å². The summed E-state index contributed by atoms with van der Waals surface area (Å²) in [6, 6.07) is 0. The SMILES string of the molecule is O=C1CC(=O)C23CC(CN12)C3. The quantitative estimate of drug-likeness (QED) is 0.455. The minimum atomic E-state index is -0.276. The van der Waals surface area contributed by atoms with Gasteiger partial charge in [0.05, 0.1) is 6.42 Å². The van der Waals surface area contributed by atoms with E-state index in [1.807, 2.05) is 0 Å². The van der Waals surface area contributed by atoms with Crippen molar-refractivity contribution in [2.45, 2.75) is 24.8 Å². The number of ketones is 1. The average molecular weight is 151 g/mol. The molecule has 3 heteroatoms. The number of hydrogen-bond acceptors (Lipinski definition) is 2. The van der Waals surface area contributed by atoms with E-state index in [4.69, 9.17) is 0 Å². The van der Waals surface area contributed by atoms with Crippen LogP contribution in [0.4, 0.5) is 0 Å². The number of rotatable bonds is 0. The van der Waals surface area contributed by atoms with E-state index in [0.29, 0.717) is 5.92 Å². The van der Waals surface area contributed by atoms with Gasteiger partial charge in [-0.05, 0) is 18.8 Å². The predicted octanol–water partition coefficient (Wildman–Crippen LogP) is -0.0498. The highest BCUT2D eigenvalue weighted by atomic mass is 16.2. The molecule has 0 aromatic rings. The van der Waals surface area contributed by atoms with Gasteiger partial charge in [0.1, 0.15) is 5.54 Å². The van der Waals surface area contributed by atoms with Crippen molar-refractivity contribution >= 4 is 11.7 Å². The van der Waals surface area contributed by atoms with Gasteiger partial charge < -0.3 is 4.90 Å². The van der Waals surface area contributed by atoms with Crippen molar-refractivity contribution in [2.75, 3.05) is 6.54 Å². The van der Waals surface area contributed by atoms with Crippen LogP contribution in [0.25, 0.3) is 0 Å². The van der Waals surface area contributed by atoms with Gasteiger partial charge in [0.25, 0.3) is 0 Å². The maximum atomic E-state index is 11.4. The van der Waals surface area contributed by atoms with E-state index in [-0.39, 0.29) is 23.7 Å². The van der Waals surface area contributed by atoms with Crippen LogP contribution < -0.4 is 0 Å². The Labute approximate surface area is 64.4 Å². The standard InChI is InChI=1S/C8H9NO2/c10-6-1-7(11)9-4-5-2-8(6,9)3-5/h5H,1-4H2. The van der Waals surface area contributed by atoms with E-state index in [9.17, 15) is 9.59 Å². The summed E-state index contributed by atoms with van der Waals surface area (Å²) >= 11 is 0. The van der Waals surface area contributed by atoms with Gasteiger partial charge in [-0.15, -0.1) is 0 Å². The summed E-state index contributed by atoms with van der Waals surface area (Å²) in [7, 11) is 0. The lowest BCUT2D eigenvalue weighted by molar-refractivity contribution is -0.130. The Balaban J connectivity index is 2.11. The number of amides is 1. The zero-order chi connectivity index (χ0) is 7.64. The minimum absolute atomic E-state index is 0.0648. The molecule has 4 rings (SSSR count). The molecule has 3 heterocycles. The minimum Gasteiger partial charge on any atom is -0.329 e. The van der Waals surface area contributed by atoms with Gasteiger partial charge >= 0.3 is 0 Å². The Morgan fingerprint density at radius 2 is 2.09 bits per heavy atom. The number of hydrogen-bond donors (Lipinski definition) is 0. The highest BCUT2D eigenvalue weighted by molar-refractivity contribution is 6.11. The lowest BCUT2D eigenvalue weighted by atomic mass is 9.71. The predicted molar refractivity (Wildman–Crippen MR) is 36.8 cm³/mol. The third kappa shape index (κ3) is 0.424. The molecule has 1 aliphatic carbocycles. The zero-order valence-electron chi connectivity index (χ0n) is 6.17. The summed E-state index contributed by atoms with van der Waals surface area (Å²) in [6.07, 6.45) is 2.09. The topological polar surface area (TPSA) is 37.4 Å². The van der Waals surface area contributed by atoms with Crippen LogP contribution in [0.5, 0.6) is 0 Å². The molecule has 0 radical (unpaired) electrons. The molecule has 3 aliphatic heterocycles. The number of Topliss-reactive ketones (excluding diaryl/α,β-unsaturated/α-hetero) is 1. The average Bonchev–Trinajstić information content (AvgIpc) is 2.40. The highest BCUT2D eigenvalue weighted by Crippen LogP contribution is 2.54.